The molecule has 1 fully saturated rings. The van der Waals surface area contributed by atoms with Crippen LogP contribution >= 0.6 is 0 Å². The van der Waals surface area contributed by atoms with Gasteiger partial charge in [-0.3, -0.25) is 19.1 Å². The predicted molar refractivity (Wildman–Crippen MR) is 175 cm³/mol. The number of hydrogen-bond donors (Lipinski definition) is 3. The van der Waals surface area contributed by atoms with Gasteiger partial charge in [-0.05, 0) is 44.1 Å². The summed E-state index contributed by atoms with van der Waals surface area (Å²) in [6.07, 6.45) is 0.585. The molecule has 0 unspecified atom stereocenters. The molecule has 3 N–H and O–H groups in total. The Hall–Kier alpha value is -4.13. The van der Waals surface area contributed by atoms with Gasteiger partial charge in [0.15, 0.2) is 0 Å². The lowest BCUT2D eigenvalue weighted by molar-refractivity contribution is -0.143. The molecular weight excluding hydrogens is 612 g/mol. The van der Waals surface area contributed by atoms with Gasteiger partial charge < -0.3 is 25.0 Å². The van der Waals surface area contributed by atoms with Gasteiger partial charge in [0, 0.05) is 11.8 Å². The predicted octanol–water partition coefficient (Wildman–Crippen LogP) is 3.65. The van der Waals surface area contributed by atoms with Gasteiger partial charge in [-0.25, -0.2) is 13.2 Å². The first-order chi connectivity index (χ1) is 21.2. The smallest absolute Gasteiger partial charge is 0.408 e. The van der Waals surface area contributed by atoms with E-state index in [1.54, 1.807) is 54.5 Å². The maximum atomic E-state index is 14.3. The molecule has 2 aromatic rings. The number of nitrogens with one attached hydrogen (secondary N) is 3. The molecule has 0 spiro atoms. The minimum atomic E-state index is -3.95. The number of alkyl carbamates (subject to hydrolysis) is 1. The van der Waals surface area contributed by atoms with Crippen molar-refractivity contribution in [3.8, 4) is 5.75 Å². The Morgan fingerprint density at radius 2 is 1.67 bits per heavy atom. The SMILES string of the molecule is C=C[C@@](CC)(NC(=O)[C@@H]1C[C@@H](Oc2cccc3ccccc23)CN1C(=O)[C@@H](NC(=O)OC(C)(C)C)C(C)(C)C)C(=O)NS(C)(=O)=O. The van der Waals surface area contributed by atoms with Crippen LogP contribution in [-0.2, 0) is 29.1 Å². The second-order valence-corrected chi connectivity index (χ2v) is 15.4. The molecule has 12 nitrogen and oxygen atoms in total. The number of amides is 4. The number of sulfonamides is 1. The van der Waals surface area contributed by atoms with E-state index in [4.69, 9.17) is 9.47 Å². The van der Waals surface area contributed by atoms with Gasteiger partial charge in [0.2, 0.25) is 21.8 Å². The highest BCUT2D eigenvalue weighted by Gasteiger charge is 2.48. The molecule has 1 aliphatic heterocycles. The number of rotatable bonds is 10. The molecule has 0 aromatic heterocycles. The standard InChI is InChI=1S/C33H46N4O8S/c1-10-33(11-2,29(40)36-46(9,42)43)35-27(38)24-19-22(44-25-18-14-16-21-15-12-13-17-23(21)25)20-37(24)28(39)26(31(3,4)5)34-30(41)45-32(6,7)8/h10,12-18,22,24,26H,1,11,19-20H2,2-9H3,(H,34,41)(H,35,38)(H,36,40)/t22-,24+,26-,33+/m1/s1. The van der Waals surface area contributed by atoms with Crippen LogP contribution in [0.4, 0.5) is 4.79 Å². The van der Waals surface area contributed by atoms with E-state index in [9.17, 15) is 27.6 Å². The molecule has 1 saturated heterocycles. The van der Waals surface area contributed by atoms with Crippen molar-refractivity contribution in [2.45, 2.75) is 90.6 Å². The fraction of sp³-hybridized carbons (Fsp3) is 0.515. The summed E-state index contributed by atoms with van der Waals surface area (Å²) in [5.41, 5.74) is -3.40. The lowest BCUT2D eigenvalue weighted by Crippen LogP contribution is -2.62. The third-order valence-corrected chi connectivity index (χ3v) is 8.16. The Kier molecular flexibility index (Phi) is 10.8. The largest absolute Gasteiger partial charge is 0.488 e. The fourth-order valence-corrected chi connectivity index (χ4v) is 5.77. The van der Waals surface area contributed by atoms with E-state index in [1.165, 1.54) is 11.0 Å². The number of likely N-dealkylation sites (tertiary alicyclic amines) is 1. The van der Waals surface area contributed by atoms with Gasteiger partial charge in [-0.2, -0.15) is 0 Å². The molecule has 1 aliphatic rings. The molecule has 252 valence electrons. The van der Waals surface area contributed by atoms with Crippen LogP contribution in [0.15, 0.2) is 55.1 Å². The van der Waals surface area contributed by atoms with Crippen LogP contribution in [0.5, 0.6) is 5.75 Å². The molecule has 4 atom stereocenters. The molecule has 0 bridgehead atoms. The minimum absolute atomic E-state index is 0.00846. The quantitative estimate of drug-likeness (QED) is 0.326. The summed E-state index contributed by atoms with van der Waals surface area (Å²) in [4.78, 5) is 55.5. The average Bonchev–Trinajstić information content (AvgIpc) is 3.36. The minimum Gasteiger partial charge on any atom is -0.488 e. The first kappa shape index (κ1) is 36.3. The third kappa shape index (κ3) is 8.99. The summed E-state index contributed by atoms with van der Waals surface area (Å²) in [6.45, 7) is 15.7. The first-order valence-corrected chi connectivity index (χ1v) is 17.0. The number of benzene rings is 2. The van der Waals surface area contributed by atoms with Crippen molar-refractivity contribution in [1.29, 1.82) is 0 Å². The molecule has 0 aliphatic carbocycles. The molecule has 2 aromatic carbocycles. The number of ether oxygens (including phenoxy) is 2. The number of hydrogen-bond acceptors (Lipinski definition) is 8. The van der Waals surface area contributed by atoms with E-state index in [2.05, 4.69) is 17.2 Å². The van der Waals surface area contributed by atoms with E-state index in [1.807, 2.05) is 41.1 Å². The molecule has 13 heteroatoms. The normalized spacial score (nSPS) is 19.0. The van der Waals surface area contributed by atoms with E-state index in [0.29, 0.717) is 5.75 Å². The van der Waals surface area contributed by atoms with E-state index >= 15 is 0 Å². The van der Waals surface area contributed by atoms with Crippen LogP contribution in [0.2, 0.25) is 0 Å². The third-order valence-electron chi connectivity index (χ3n) is 7.60. The highest BCUT2D eigenvalue weighted by Crippen LogP contribution is 2.32. The Morgan fingerprint density at radius 1 is 1.04 bits per heavy atom. The lowest BCUT2D eigenvalue weighted by atomic mass is 9.85. The fourth-order valence-electron chi connectivity index (χ4n) is 5.25. The second-order valence-electron chi connectivity index (χ2n) is 13.6. The average molecular weight is 659 g/mol. The maximum absolute atomic E-state index is 14.3. The highest BCUT2D eigenvalue weighted by molar-refractivity contribution is 7.89. The van der Waals surface area contributed by atoms with E-state index < -0.39 is 68.6 Å². The van der Waals surface area contributed by atoms with Crippen LogP contribution in [0.1, 0.15) is 61.3 Å². The Balaban J connectivity index is 2.01. The van der Waals surface area contributed by atoms with Crippen molar-refractivity contribution in [1.82, 2.24) is 20.3 Å². The van der Waals surface area contributed by atoms with E-state index in [0.717, 1.165) is 17.0 Å². The summed E-state index contributed by atoms with van der Waals surface area (Å²) in [5, 5.41) is 7.13. The molecule has 46 heavy (non-hydrogen) atoms. The molecule has 0 saturated carbocycles. The van der Waals surface area contributed by atoms with Gasteiger partial charge in [-0.15, -0.1) is 6.58 Å². The van der Waals surface area contributed by atoms with Crippen LogP contribution in [0.3, 0.4) is 0 Å². The summed E-state index contributed by atoms with van der Waals surface area (Å²) < 4.78 is 37.5. The zero-order valence-electron chi connectivity index (χ0n) is 27.8. The lowest BCUT2D eigenvalue weighted by Gasteiger charge is -2.36. The van der Waals surface area contributed by atoms with Gasteiger partial charge >= 0.3 is 6.09 Å². The van der Waals surface area contributed by atoms with Crippen molar-refractivity contribution < 1.29 is 37.1 Å². The van der Waals surface area contributed by atoms with Crippen molar-refractivity contribution >= 4 is 44.6 Å². The highest BCUT2D eigenvalue weighted by atomic mass is 32.2. The molecule has 4 amide bonds. The zero-order valence-corrected chi connectivity index (χ0v) is 28.6. The van der Waals surface area contributed by atoms with Crippen LogP contribution in [-0.4, -0.2) is 79.3 Å². The zero-order chi connectivity index (χ0) is 34.7. The summed E-state index contributed by atoms with van der Waals surface area (Å²) >= 11 is 0. The summed E-state index contributed by atoms with van der Waals surface area (Å²) in [6, 6.07) is 11.0. The first-order valence-electron chi connectivity index (χ1n) is 15.1. The molecule has 3 rings (SSSR count). The monoisotopic (exact) mass is 658 g/mol. The van der Waals surface area contributed by atoms with Crippen LogP contribution in [0.25, 0.3) is 10.8 Å². The van der Waals surface area contributed by atoms with Crippen molar-refractivity contribution in [2.75, 3.05) is 12.8 Å². The Morgan fingerprint density at radius 3 is 2.24 bits per heavy atom. The molecule has 1 heterocycles. The summed E-state index contributed by atoms with van der Waals surface area (Å²) in [5.74, 6) is -1.69. The van der Waals surface area contributed by atoms with Gasteiger partial charge in [-0.1, -0.05) is 70.2 Å². The van der Waals surface area contributed by atoms with Crippen LogP contribution < -0.4 is 20.1 Å². The number of carbonyl (C=O) groups is 4. The van der Waals surface area contributed by atoms with Gasteiger partial charge in [0.05, 0.1) is 12.8 Å². The number of nitrogens with zero attached hydrogens (tertiary/aromatic N) is 1. The summed E-state index contributed by atoms with van der Waals surface area (Å²) in [7, 11) is -3.95. The van der Waals surface area contributed by atoms with Gasteiger partial charge in [0.25, 0.3) is 5.91 Å². The van der Waals surface area contributed by atoms with Crippen LogP contribution in [0, 0.1) is 5.41 Å². The van der Waals surface area contributed by atoms with Crippen molar-refractivity contribution in [3.63, 3.8) is 0 Å². The van der Waals surface area contributed by atoms with E-state index in [-0.39, 0.29) is 19.4 Å². The second kappa shape index (κ2) is 13.7. The number of carbonyl (C=O) groups excluding carboxylic acids is 4. The van der Waals surface area contributed by atoms with Crippen molar-refractivity contribution in [2.24, 2.45) is 5.41 Å². The number of fused-ring (bicyclic) bond motifs is 1. The Labute approximate surface area is 271 Å². The maximum Gasteiger partial charge on any atom is 0.408 e. The van der Waals surface area contributed by atoms with Crippen molar-refractivity contribution in [3.05, 3.63) is 55.1 Å². The topological polar surface area (TPSA) is 160 Å². The molecule has 0 radical (unpaired) electrons. The molecular formula is C33H46N4O8S. The van der Waals surface area contributed by atoms with Gasteiger partial charge in [0.1, 0.15) is 35.1 Å². The Bertz CT molecular complexity index is 1590.